The normalized spacial score (nSPS) is 36.2. The number of hydrogen-bond donors (Lipinski definition) is 2. The summed E-state index contributed by atoms with van der Waals surface area (Å²) in [6.07, 6.45) is 15.5. The Kier molecular flexibility index (Phi) is 7.30. The molecular formula is C29H37NO4. The molecule has 0 saturated carbocycles. The van der Waals surface area contributed by atoms with E-state index in [2.05, 4.69) is 44.3 Å². The molecule has 1 amide bonds. The largest absolute Gasteiger partial charge is 0.508 e. The first-order chi connectivity index (χ1) is 16.3. The van der Waals surface area contributed by atoms with E-state index in [0.717, 1.165) is 37.7 Å². The van der Waals surface area contributed by atoms with Crippen LogP contribution in [0.5, 0.6) is 5.75 Å². The van der Waals surface area contributed by atoms with E-state index in [0.29, 0.717) is 12.3 Å². The van der Waals surface area contributed by atoms with Gasteiger partial charge < -0.3 is 15.2 Å². The number of ether oxygens (including phenoxy) is 1. The fourth-order valence-electron chi connectivity index (χ4n) is 5.91. The maximum Gasteiger partial charge on any atom is 0.331 e. The molecule has 4 rings (SSSR count). The highest BCUT2D eigenvalue weighted by molar-refractivity contribution is 5.94. The first-order valence-electron chi connectivity index (χ1n) is 12.6. The van der Waals surface area contributed by atoms with Gasteiger partial charge in [-0.25, -0.2) is 4.79 Å². The van der Waals surface area contributed by atoms with Crippen LogP contribution in [0.4, 0.5) is 0 Å². The van der Waals surface area contributed by atoms with E-state index in [-0.39, 0.29) is 35.5 Å². The lowest BCUT2D eigenvalue weighted by atomic mass is 9.63. The van der Waals surface area contributed by atoms with Crippen molar-refractivity contribution in [2.45, 2.75) is 70.9 Å². The van der Waals surface area contributed by atoms with Crippen LogP contribution < -0.4 is 5.32 Å². The second-order valence-corrected chi connectivity index (χ2v) is 10.4. The van der Waals surface area contributed by atoms with Crippen molar-refractivity contribution in [2.24, 2.45) is 23.7 Å². The van der Waals surface area contributed by atoms with Crippen LogP contribution in [0.3, 0.4) is 0 Å². The third kappa shape index (κ3) is 4.84. The average Bonchev–Trinajstić information content (AvgIpc) is 3.07. The highest BCUT2D eigenvalue weighted by Gasteiger charge is 2.64. The monoisotopic (exact) mass is 463 g/mol. The zero-order chi connectivity index (χ0) is 24.3. The third-order valence-electron chi connectivity index (χ3n) is 7.91. The van der Waals surface area contributed by atoms with E-state index < -0.39 is 11.6 Å². The van der Waals surface area contributed by atoms with Crippen LogP contribution in [0.2, 0.25) is 0 Å². The lowest BCUT2D eigenvalue weighted by Gasteiger charge is -2.44. The van der Waals surface area contributed by atoms with E-state index in [1.807, 2.05) is 18.2 Å². The number of phenols is 1. The number of aromatic hydroxyl groups is 1. The average molecular weight is 464 g/mol. The summed E-state index contributed by atoms with van der Waals surface area (Å²) in [5, 5.41) is 12.9. The molecule has 6 atom stereocenters. The summed E-state index contributed by atoms with van der Waals surface area (Å²) >= 11 is 0. The van der Waals surface area contributed by atoms with E-state index in [4.69, 9.17) is 4.74 Å². The third-order valence-corrected chi connectivity index (χ3v) is 7.91. The zero-order valence-corrected chi connectivity index (χ0v) is 20.5. The number of rotatable bonds is 2. The van der Waals surface area contributed by atoms with Crippen LogP contribution in [0.15, 0.2) is 60.2 Å². The number of phenolic OH excluding ortho intramolecular Hbond substituents is 1. The second-order valence-electron chi connectivity index (χ2n) is 10.4. The molecule has 182 valence electrons. The number of esters is 1. The quantitative estimate of drug-likeness (QED) is 0.464. The number of allylic oxidation sites excluding steroid dienone is 3. The molecule has 0 radical (unpaired) electrons. The van der Waals surface area contributed by atoms with Gasteiger partial charge in [0.05, 0.1) is 0 Å². The molecule has 0 bridgehead atoms. The van der Waals surface area contributed by atoms with Crippen molar-refractivity contribution in [3.63, 3.8) is 0 Å². The van der Waals surface area contributed by atoms with E-state index in [1.54, 1.807) is 12.1 Å². The Hall–Kier alpha value is -2.82. The summed E-state index contributed by atoms with van der Waals surface area (Å²) in [6, 6.07) is 6.90. The van der Waals surface area contributed by atoms with Crippen LogP contribution in [-0.4, -0.2) is 28.6 Å². The summed E-state index contributed by atoms with van der Waals surface area (Å²) < 4.78 is 6.18. The first-order valence-corrected chi connectivity index (χ1v) is 12.6. The van der Waals surface area contributed by atoms with Crippen molar-refractivity contribution in [1.82, 2.24) is 5.32 Å². The molecule has 1 aliphatic carbocycles. The smallest absolute Gasteiger partial charge is 0.331 e. The summed E-state index contributed by atoms with van der Waals surface area (Å²) in [5.41, 5.74) is 0.960. The van der Waals surface area contributed by atoms with Gasteiger partial charge in [-0.3, -0.25) is 4.79 Å². The molecule has 1 saturated heterocycles. The minimum Gasteiger partial charge on any atom is -0.508 e. The van der Waals surface area contributed by atoms with E-state index in [1.165, 1.54) is 11.6 Å². The molecule has 34 heavy (non-hydrogen) atoms. The molecule has 0 unspecified atom stereocenters. The molecule has 5 nitrogen and oxygen atoms in total. The van der Waals surface area contributed by atoms with Crippen LogP contribution >= 0.6 is 0 Å². The second kappa shape index (κ2) is 10.2. The summed E-state index contributed by atoms with van der Waals surface area (Å²) in [4.78, 5) is 26.7. The molecule has 2 aliphatic heterocycles. The number of amides is 1. The highest BCUT2D eigenvalue weighted by atomic mass is 16.6. The molecule has 3 aliphatic rings. The van der Waals surface area contributed by atoms with E-state index in [9.17, 15) is 14.7 Å². The predicted octanol–water partition coefficient (Wildman–Crippen LogP) is 5.26. The van der Waals surface area contributed by atoms with Crippen LogP contribution in [0, 0.1) is 23.7 Å². The van der Waals surface area contributed by atoms with Crippen LogP contribution in [-0.2, 0) is 20.7 Å². The van der Waals surface area contributed by atoms with Gasteiger partial charge in [0.1, 0.15) is 5.75 Å². The molecule has 5 heteroatoms. The molecule has 1 aromatic rings. The Bertz CT molecular complexity index is 992. The molecule has 0 aromatic heterocycles. The standard InChI is InChI=1S/C29H37NO4/c1-19-9-6-4-5-7-12-26(32)34-29-23(11-8-10-19)17-20(2)21(3)27(29)25(30-28(29)33)18-22-13-15-24(31)16-14-22/h7-8,11-17,19,21,23,25,27,31H,4-6,9-10,18H2,1-3H3,(H,30,33)/b11-8-,12-7-/t19-,21-,23+,25+,27+,29-/m1/s1. The number of benzene rings is 1. The Morgan fingerprint density at radius 3 is 2.65 bits per heavy atom. The topological polar surface area (TPSA) is 75.6 Å². The Morgan fingerprint density at radius 1 is 1.12 bits per heavy atom. The van der Waals surface area contributed by atoms with Crippen molar-refractivity contribution in [3.8, 4) is 5.75 Å². The van der Waals surface area contributed by atoms with Gasteiger partial charge in [0.2, 0.25) is 5.60 Å². The Morgan fingerprint density at radius 2 is 1.88 bits per heavy atom. The number of carbonyl (C=O) groups excluding carboxylic acids is 2. The van der Waals surface area contributed by atoms with Gasteiger partial charge in [-0.05, 0) is 62.1 Å². The predicted molar refractivity (Wildman–Crippen MR) is 133 cm³/mol. The van der Waals surface area contributed by atoms with Crippen LogP contribution in [0.25, 0.3) is 0 Å². The molecule has 2 heterocycles. The first kappa shape index (κ1) is 24.3. The van der Waals surface area contributed by atoms with Crippen molar-refractivity contribution in [1.29, 1.82) is 0 Å². The van der Waals surface area contributed by atoms with Gasteiger partial charge in [-0.15, -0.1) is 0 Å². The van der Waals surface area contributed by atoms with Gasteiger partial charge in [-0.1, -0.05) is 68.7 Å². The fourth-order valence-corrected chi connectivity index (χ4v) is 5.91. The Balaban J connectivity index is 1.74. The van der Waals surface area contributed by atoms with Gasteiger partial charge in [-0.2, -0.15) is 0 Å². The number of hydrogen-bond acceptors (Lipinski definition) is 4. The van der Waals surface area contributed by atoms with Gasteiger partial charge in [0.15, 0.2) is 0 Å². The summed E-state index contributed by atoms with van der Waals surface area (Å²) in [6.45, 7) is 6.50. The summed E-state index contributed by atoms with van der Waals surface area (Å²) in [5.74, 6) is -0.318. The van der Waals surface area contributed by atoms with Gasteiger partial charge >= 0.3 is 5.97 Å². The number of carbonyl (C=O) groups is 2. The van der Waals surface area contributed by atoms with Crippen molar-refractivity contribution in [2.75, 3.05) is 0 Å². The highest BCUT2D eigenvalue weighted by Crippen LogP contribution is 2.50. The SMILES string of the molecule is CC1=C[C@@H]2/C=C\C[C@H](C)CCCC/C=C\C(=O)O[C@]23C(=O)N[C@@H](Cc2ccc(O)cc2)[C@@H]3[C@@H]1C. The minimum absolute atomic E-state index is 0.0697. The lowest BCUT2D eigenvalue weighted by Crippen LogP contribution is -2.56. The minimum atomic E-state index is -1.27. The maximum absolute atomic E-state index is 13.7. The molecule has 1 spiro atoms. The molecule has 1 fully saturated rings. The lowest BCUT2D eigenvalue weighted by molar-refractivity contribution is -0.172. The fraction of sp³-hybridized carbons (Fsp3) is 0.517. The van der Waals surface area contributed by atoms with Crippen molar-refractivity contribution in [3.05, 3.63) is 65.8 Å². The number of nitrogens with one attached hydrogen (secondary N) is 1. The van der Waals surface area contributed by atoms with E-state index >= 15 is 0 Å². The zero-order valence-electron chi connectivity index (χ0n) is 20.5. The Labute approximate surface area is 203 Å². The van der Waals surface area contributed by atoms with Crippen molar-refractivity contribution >= 4 is 11.9 Å². The molecule has 1 aromatic carbocycles. The van der Waals surface area contributed by atoms with Crippen LogP contribution in [0.1, 0.15) is 58.4 Å². The molecular weight excluding hydrogens is 426 g/mol. The van der Waals surface area contributed by atoms with Gasteiger partial charge in [0.25, 0.3) is 5.91 Å². The maximum atomic E-state index is 13.7. The molecule has 2 N–H and O–H groups in total. The van der Waals surface area contributed by atoms with Crippen molar-refractivity contribution < 1.29 is 19.4 Å². The summed E-state index contributed by atoms with van der Waals surface area (Å²) in [7, 11) is 0. The van der Waals surface area contributed by atoms with Gasteiger partial charge in [0, 0.05) is 24.0 Å².